The highest BCUT2D eigenvalue weighted by molar-refractivity contribution is 9.10. The number of hydrogen-bond acceptors (Lipinski definition) is 3. The molecule has 0 saturated carbocycles. The van der Waals surface area contributed by atoms with Gasteiger partial charge in [-0.3, -0.25) is 4.79 Å². The summed E-state index contributed by atoms with van der Waals surface area (Å²) in [6.07, 6.45) is 1.57. The first kappa shape index (κ1) is 19.1. The van der Waals surface area contributed by atoms with E-state index in [1.165, 1.54) is 0 Å². The molecule has 27 heavy (non-hydrogen) atoms. The average molecular weight is 444 g/mol. The van der Waals surface area contributed by atoms with Crippen LogP contribution in [0.2, 0.25) is 5.02 Å². The molecule has 6 heteroatoms. The molecule has 4 nitrogen and oxygen atoms in total. The highest BCUT2D eigenvalue weighted by Crippen LogP contribution is 2.19. The van der Waals surface area contributed by atoms with E-state index in [1.807, 2.05) is 48.5 Å². The van der Waals surface area contributed by atoms with Gasteiger partial charge in [0, 0.05) is 20.6 Å². The van der Waals surface area contributed by atoms with Crippen LogP contribution < -0.4 is 10.2 Å². The van der Waals surface area contributed by atoms with Crippen LogP contribution in [0.1, 0.15) is 21.5 Å². The number of benzene rings is 3. The summed E-state index contributed by atoms with van der Waals surface area (Å²) in [5, 5.41) is 4.67. The van der Waals surface area contributed by atoms with Crippen LogP contribution in [0.5, 0.6) is 5.75 Å². The van der Waals surface area contributed by atoms with Gasteiger partial charge in [0.25, 0.3) is 5.91 Å². The number of ether oxygens (including phenoxy) is 1. The minimum atomic E-state index is -0.273. The number of hydrazone groups is 1. The number of nitrogens with one attached hydrogen (secondary N) is 1. The van der Waals surface area contributed by atoms with Crippen molar-refractivity contribution in [3.05, 3.63) is 99.0 Å². The number of rotatable bonds is 6. The van der Waals surface area contributed by atoms with Crippen molar-refractivity contribution in [1.82, 2.24) is 5.43 Å². The first-order valence-corrected chi connectivity index (χ1v) is 9.34. The molecule has 0 atom stereocenters. The lowest BCUT2D eigenvalue weighted by atomic mass is 10.2. The second-order valence-electron chi connectivity index (χ2n) is 5.66. The lowest BCUT2D eigenvalue weighted by Gasteiger charge is -2.08. The molecule has 136 valence electrons. The van der Waals surface area contributed by atoms with Crippen molar-refractivity contribution in [2.75, 3.05) is 0 Å². The standard InChI is InChI=1S/C21H16BrClN2O2/c22-18-10-8-16(9-11-18)21(26)25-24-13-15-4-3-6-19(12-15)27-14-17-5-1-2-7-20(17)23/h1-13H,14H2,(H,25,26)/b24-13-. The number of carbonyl (C=O) groups is 1. The molecule has 0 spiro atoms. The number of halogens is 2. The maximum atomic E-state index is 12.0. The first-order chi connectivity index (χ1) is 13.1. The zero-order valence-corrected chi connectivity index (χ0v) is 16.6. The third-order valence-electron chi connectivity index (χ3n) is 3.70. The molecule has 1 N–H and O–H groups in total. The van der Waals surface area contributed by atoms with Crippen LogP contribution in [0.3, 0.4) is 0 Å². The largest absolute Gasteiger partial charge is 0.489 e. The molecular formula is C21H16BrClN2O2. The Morgan fingerprint density at radius 1 is 1.07 bits per heavy atom. The van der Waals surface area contributed by atoms with Gasteiger partial charge in [-0.05, 0) is 48.0 Å². The molecule has 0 aromatic heterocycles. The monoisotopic (exact) mass is 442 g/mol. The second kappa shape index (κ2) is 9.35. The summed E-state index contributed by atoms with van der Waals surface area (Å²) in [4.78, 5) is 12.0. The van der Waals surface area contributed by atoms with Crippen LogP contribution >= 0.6 is 27.5 Å². The molecule has 3 aromatic carbocycles. The van der Waals surface area contributed by atoms with E-state index in [9.17, 15) is 4.79 Å². The Hall–Kier alpha value is -2.63. The van der Waals surface area contributed by atoms with Gasteiger partial charge in [0.2, 0.25) is 0 Å². The molecule has 0 unspecified atom stereocenters. The summed E-state index contributed by atoms with van der Waals surface area (Å²) in [5.74, 6) is 0.419. The van der Waals surface area contributed by atoms with Gasteiger partial charge in [-0.2, -0.15) is 5.10 Å². The highest BCUT2D eigenvalue weighted by Gasteiger charge is 2.03. The normalized spacial score (nSPS) is 10.7. The van der Waals surface area contributed by atoms with E-state index in [0.717, 1.165) is 15.6 Å². The van der Waals surface area contributed by atoms with E-state index in [1.54, 1.807) is 30.5 Å². The smallest absolute Gasteiger partial charge is 0.271 e. The summed E-state index contributed by atoms with van der Waals surface area (Å²) in [6.45, 7) is 0.376. The van der Waals surface area contributed by atoms with Crippen molar-refractivity contribution in [3.63, 3.8) is 0 Å². The van der Waals surface area contributed by atoms with E-state index in [-0.39, 0.29) is 5.91 Å². The quantitative estimate of drug-likeness (QED) is 0.407. The van der Waals surface area contributed by atoms with Crippen LogP contribution in [-0.2, 0) is 6.61 Å². The Bertz CT molecular complexity index is 958. The number of amides is 1. The van der Waals surface area contributed by atoms with E-state index in [4.69, 9.17) is 16.3 Å². The third kappa shape index (κ3) is 5.67. The molecule has 0 heterocycles. The zero-order valence-electron chi connectivity index (χ0n) is 14.2. The van der Waals surface area contributed by atoms with Gasteiger partial charge < -0.3 is 4.74 Å². The first-order valence-electron chi connectivity index (χ1n) is 8.17. The minimum absolute atomic E-state index is 0.273. The van der Waals surface area contributed by atoms with Gasteiger partial charge in [-0.25, -0.2) is 5.43 Å². The van der Waals surface area contributed by atoms with Crippen molar-refractivity contribution in [2.45, 2.75) is 6.61 Å². The van der Waals surface area contributed by atoms with Crippen LogP contribution in [0.4, 0.5) is 0 Å². The zero-order chi connectivity index (χ0) is 19.1. The van der Waals surface area contributed by atoms with Crippen LogP contribution in [0.25, 0.3) is 0 Å². The highest BCUT2D eigenvalue weighted by atomic mass is 79.9. The third-order valence-corrected chi connectivity index (χ3v) is 4.59. The molecule has 0 aliphatic heterocycles. The van der Waals surface area contributed by atoms with Crippen molar-refractivity contribution in [1.29, 1.82) is 0 Å². The lowest BCUT2D eigenvalue weighted by molar-refractivity contribution is 0.0955. The second-order valence-corrected chi connectivity index (χ2v) is 6.98. The van der Waals surface area contributed by atoms with Crippen LogP contribution in [0, 0.1) is 0 Å². The Kier molecular flexibility index (Phi) is 6.63. The maximum absolute atomic E-state index is 12.0. The van der Waals surface area contributed by atoms with Gasteiger partial charge in [-0.1, -0.05) is 57.9 Å². The number of hydrogen-bond donors (Lipinski definition) is 1. The van der Waals surface area contributed by atoms with E-state index >= 15 is 0 Å². The Balaban J connectivity index is 1.58. The molecule has 0 aliphatic carbocycles. The fraction of sp³-hybridized carbons (Fsp3) is 0.0476. The molecule has 0 saturated heterocycles. The molecule has 3 rings (SSSR count). The SMILES string of the molecule is O=C(N/N=C\c1cccc(OCc2ccccc2Cl)c1)c1ccc(Br)cc1. The molecule has 0 bridgehead atoms. The van der Waals surface area contributed by atoms with Gasteiger partial charge in [-0.15, -0.1) is 0 Å². The predicted octanol–water partition coefficient (Wildman–Crippen LogP) is 5.45. The summed E-state index contributed by atoms with van der Waals surface area (Å²) in [7, 11) is 0. The van der Waals surface area contributed by atoms with Crippen molar-refractivity contribution < 1.29 is 9.53 Å². The van der Waals surface area contributed by atoms with Gasteiger partial charge in [0.15, 0.2) is 0 Å². The van der Waals surface area contributed by atoms with E-state index in [0.29, 0.717) is 22.9 Å². The van der Waals surface area contributed by atoms with Gasteiger partial charge in [0.1, 0.15) is 12.4 Å². The van der Waals surface area contributed by atoms with Crippen molar-refractivity contribution in [2.24, 2.45) is 5.10 Å². The number of nitrogens with zero attached hydrogens (tertiary/aromatic N) is 1. The van der Waals surface area contributed by atoms with Crippen LogP contribution in [-0.4, -0.2) is 12.1 Å². The van der Waals surface area contributed by atoms with Crippen molar-refractivity contribution in [3.8, 4) is 5.75 Å². The minimum Gasteiger partial charge on any atom is -0.489 e. The van der Waals surface area contributed by atoms with Gasteiger partial charge >= 0.3 is 0 Å². The predicted molar refractivity (Wildman–Crippen MR) is 111 cm³/mol. The Labute approximate surface area is 171 Å². The van der Waals surface area contributed by atoms with E-state index in [2.05, 4.69) is 26.5 Å². The molecular weight excluding hydrogens is 428 g/mol. The topological polar surface area (TPSA) is 50.7 Å². The molecule has 3 aromatic rings. The molecule has 0 aliphatic rings. The molecule has 1 amide bonds. The summed E-state index contributed by atoms with van der Waals surface area (Å²) in [5.41, 5.74) is 4.77. The fourth-order valence-corrected chi connectivity index (χ4v) is 2.75. The lowest BCUT2D eigenvalue weighted by Crippen LogP contribution is -2.17. The Morgan fingerprint density at radius 3 is 2.63 bits per heavy atom. The molecule has 0 radical (unpaired) electrons. The summed E-state index contributed by atoms with van der Waals surface area (Å²) in [6, 6.07) is 22.0. The van der Waals surface area contributed by atoms with Gasteiger partial charge in [0.05, 0.1) is 6.21 Å². The summed E-state index contributed by atoms with van der Waals surface area (Å²) < 4.78 is 6.70. The Morgan fingerprint density at radius 2 is 1.85 bits per heavy atom. The van der Waals surface area contributed by atoms with Crippen LogP contribution in [0.15, 0.2) is 82.4 Å². The van der Waals surface area contributed by atoms with Crippen molar-refractivity contribution >= 4 is 39.7 Å². The average Bonchev–Trinajstić information content (AvgIpc) is 2.68. The number of carbonyl (C=O) groups excluding carboxylic acids is 1. The summed E-state index contributed by atoms with van der Waals surface area (Å²) >= 11 is 9.47. The van der Waals surface area contributed by atoms with E-state index < -0.39 is 0 Å². The fourth-order valence-electron chi connectivity index (χ4n) is 2.29. The maximum Gasteiger partial charge on any atom is 0.271 e. The molecule has 0 fully saturated rings.